The lowest BCUT2D eigenvalue weighted by molar-refractivity contribution is -0.172. The van der Waals surface area contributed by atoms with Crippen molar-refractivity contribution in [1.29, 1.82) is 0 Å². The molecule has 0 unspecified atom stereocenters. The number of fused-ring (bicyclic) bond motifs is 1. The van der Waals surface area contributed by atoms with Gasteiger partial charge in [-0.3, -0.25) is 4.79 Å². The molecule has 0 radical (unpaired) electrons. The first-order valence-corrected chi connectivity index (χ1v) is 4.35. The standard InChI is InChI=1S/C9H14O3/c1-8(2)11-7-5-4-6(10)9(7,3)12-8/h7H,4-5H2,1-3H3/t7-,9+/m1/s1. The Labute approximate surface area is 72.0 Å². The van der Waals surface area contributed by atoms with Crippen molar-refractivity contribution < 1.29 is 14.3 Å². The minimum absolute atomic E-state index is 0.0278. The second-order valence-corrected chi connectivity index (χ2v) is 4.18. The van der Waals surface area contributed by atoms with E-state index in [0.29, 0.717) is 6.42 Å². The molecule has 0 aromatic rings. The van der Waals surface area contributed by atoms with Gasteiger partial charge in [0.1, 0.15) is 0 Å². The van der Waals surface area contributed by atoms with E-state index in [1.54, 1.807) is 0 Å². The number of Topliss-reactive ketones (excluding diaryl/α,β-unsaturated/α-hetero) is 1. The van der Waals surface area contributed by atoms with Gasteiger partial charge in [0.15, 0.2) is 17.2 Å². The summed E-state index contributed by atoms with van der Waals surface area (Å²) in [6.07, 6.45) is 1.37. The van der Waals surface area contributed by atoms with Gasteiger partial charge in [0.05, 0.1) is 6.10 Å². The van der Waals surface area contributed by atoms with E-state index in [1.807, 2.05) is 20.8 Å². The predicted molar refractivity (Wildman–Crippen MR) is 42.7 cm³/mol. The van der Waals surface area contributed by atoms with Crippen molar-refractivity contribution in [3.63, 3.8) is 0 Å². The second kappa shape index (κ2) is 2.09. The normalized spacial score (nSPS) is 44.9. The first-order chi connectivity index (χ1) is 5.44. The molecule has 1 aliphatic carbocycles. The first kappa shape index (κ1) is 8.20. The lowest BCUT2D eigenvalue weighted by Gasteiger charge is -2.21. The van der Waals surface area contributed by atoms with Crippen LogP contribution in [0.2, 0.25) is 0 Å². The molecule has 2 rings (SSSR count). The first-order valence-electron chi connectivity index (χ1n) is 4.35. The number of hydrogen-bond acceptors (Lipinski definition) is 3. The highest BCUT2D eigenvalue weighted by molar-refractivity contribution is 5.90. The zero-order valence-corrected chi connectivity index (χ0v) is 7.72. The fourth-order valence-corrected chi connectivity index (χ4v) is 2.14. The molecule has 3 nitrogen and oxygen atoms in total. The predicted octanol–water partition coefficient (Wildman–Crippen LogP) is 1.26. The Balaban J connectivity index is 2.29. The van der Waals surface area contributed by atoms with Crippen LogP contribution < -0.4 is 0 Å². The molecule has 0 aromatic carbocycles. The topological polar surface area (TPSA) is 35.5 Å². The van der Waals surface area contributed by atoms with Crippen LogP contribution in [-0.4, -0.2) is 23.3 Å². The number of ketones is 1. The fourth-order valence-electron chi connectivity index (χ4n) is 2.14. The molecule has 1 saturated heterocycles. The van der Waals surface area contributed by atoms with E-state index in [1.165, 1.54) is 0 Å². The molecule has 0 spiro atoms. The van der Waals surface area contributed by atoms with E-state index in [0.717, 1.165) is 6.42 Å². The highest BCUT2D eigenvalue weighted by Crippen LogP contribution is 2.43. The summed E-state index contributed by atoms with van der Waals surface area (Å²) in [6, 6.07) is 0. The van der Waals surface area contributed by atoms with Crippen molar-refractivity contribution in [2.75, 3.05) is 0 Å². The smallest absolute Gasteiger partial charge is 0.167 e. The van der Waals surface area contributed by atoms with Crippen LogP contribution in [0.4, 0.5) is 0 Å². The number of carbonyl (C=O) groups is 1. The van der Waals surface area contributed by atoms with Crippen LogP contribution in [-0.2, 0) is 14.3 Å². The molecule has 3 heteroatoms. The van der Waals surface area contributed by atoms with Crippen LogP contribution in [0.1, 0.15) is 33.6 Å². The van der Waals surface area contributed by atoms with Crippen molar-refractivity contribution in [2.45, 2.75) is 51.1 Å². The maximum absolute atomic E-state index is 11.5. The molecule has 12 heavy (non-hydrogen) atoms. The molecular formula is C9H14O3. The van der Waals surface area contributed by atoms with Crippen molar-refractivity contribution >= 4 is 5.78 Å². The molecule has 0 N–H and O–H groups in total. The zero-order valence-electron chi connectivity index (χ0n) is 7.72. The molecule has 0 bridgehead atoms. The van der Waals surface area contributed by atoms with Crippen molar-refractivity contribution in [3.8, 4) is 0 Å². The molecule has 2 aliphatic rings. The molecule has 0 aromatic heterocycles. The van der Waals surface area contributed by atoms with E-state index < -0.39 is 11.4 Å². The molecule has 1 aliphatic heterocycles. The van der Waals surface area contributed by atoms with Gasteiger partial charge in [-0.05, 0) is 27.2 Å². The van der Waals surface area contributed by atoms with Crippen molar-refractivity contribution in [2.24, 2.45) is 0 Å². The minimum Gasteiger partial charge on any atom is -0.344 e. The Kier molecular flexibility index (Phi) is 1.43. The Bertz CT molecular complexity index is 234. The number of ether oxygens (including phenoxy) is 2. The summed E-state index contributed by atoms with van der Waals surface area (Å²) in [6.45, 7) is 5.54. The summed E-state index contributed by atoms with van der Waals surface area (Å²) in [7, 11) is 0. The Morgan fingerprint density at radius 1 is 1.42 bits per heavy atom. The summed E-state index contributed by atoms with van der Waals surface area (Å²) in [5.41, 5.74) is -0.663. The summed E-state index contributed by atoms with van der Waals surface area (Å²) < 4.78 is 11.2. The van der Waals surface area contributed by atoms with E-state index in [9.17, 15) is 4.79 Å². The Morgan fingerprint density at radius 3 is 2.67 bits per heavy atom. The van der Waals surface area contributed by atoms with E-state index in [-0.39, 0.29) is 11.9 Å². The minimum atomic E-state index is -0.663. The maximum Gasteiger partial charge on any atom is 0.167 e. The van der Waals surface area contributed by atoms with Gasteiger partial charge >= 0.3 is 0 Å². The average Bonchev–Trinajstić information content (AvgIpc) is 2.27. The molecular weight excluding hydrogens is 156 g/mol. The molecule has 1 heterocycles. The SMILES string of the molecule is CC1(C)O[C@@H]2CCC(=O)[C@]2(C)O1. The lowest BCUT2D eigenvalue weighted by atomic mass is 10.0. The third kappa shape index (κ3) is 0.930. The van der Waals surface area contributed by atoms with Gasteiger partial charge in [-0.2, -0.15) is 0 Å². The average molecular weight is 170 g/mol. The van der Waals surface area contributed by atoms with Gasteiger partial charge in [-0.25, -0.2) is 0 Å². The van der Waals surface area contributed by atoms with Gasteiger partial charge < -0.3 is 9.47 Å². The maximum atomic E-state index is 11.5. The van der Waals surface area contributed by atoms with Gasteiger partial charge in [0.25, 0.3) is 0 Å². The van der Waals surface area contributed by atoms with Crippen LogP contribution in [0.5, 0.6) is 0 Å². The van der Waals surface area contributed by atoms with Gasteiger partial charge in [0, 0.05) is 6.42 Å². The third-order valence-electron chi connectivity index (χ3n) is 2.69. The highest BCUT2D eigenvalue weighted by Gasteiger charge is 2.57. The van der Waals surface area contributed by atoms with Crippen LogP contribution in [0.3, 0.4) is 0 Å². The van der Waals surface area contributed by atoms with Crippen LogP contribution in [0.25, 0.3) is 0 Å². The Hall–Kier alpha value is -0.410. The van der Waals surface area contributed by atoms with Gasteiger partial charge in [-0.15, -0.1) is 0 Å². The van der Waals surface area contributed by atoms with Crippen molar-refractivity contribution in [3.05, 3.63) is 0 Å². The van der Waals surface area contributed by atoms with E-state index in [4.69, 9.17) is 9.47 Å². The van der Waals surface area contributed by atoms with E-state index >= 15 is 0 Å². The van der Waals surface area contributed by atoms with Crippen LogP contribution in [0, 0.1) is 0 Å². The van der Waals surface area contributed by atoms with E-state index in [2.05, 4.69) is 0 Å². The highest BCUT2D eigenvalue weighted by atomic mass is 16.8. The quantitative estimate of drug-likeness (QED) is 0.549. The second-order valence-electron chi connectivity index (χ2n) is 4.18. The van der Waals surface area contributed by atoms with Crippen molar-refractivity contribution in [1.82, 2.24) is 0 Å². The molecule has 0 amide bonds. The zero-order chi connectivity index (χ0) is 8.98. The molecule has 1 saturated carbocycles. The number of rotatable bonds is 0. The summed E-state index contributed by atoms with van der Waals surface area (Å²) in [4.78, 5) is 11.5. The third-order valence-corrected chi connectivity index (χ3v) is 2.69. The fraction of sp³-hybridized carbons (Fsp3) is 0.889. The van der Waals surface area contributed by atoms with Crippen LogP contribution >= 0.6 is 0 Å². The molecule has 68 valence electrons. The molecule has 2 atom stereocenters. The number of carbonyl (C=O) groups excluding carboxylic acids is 1. The summed E-state index contributed by atoms with van der Waals surface area (Å²) >= 11 is 0. The number of hydrogen-bond donors (Lipinski definition) is 0. The largest absolute Gasteiger partial charge is 0.344 e. The molecule has 2 fully saturated rings. The van der Waals surface area contributed by atoms with Gasteiger partial charge in [0.2, 0.25) is 0 Å². The summed E-state index contributed by atoms with van der Waals surface area (Å²) in [5, 5.41) is 0. The Morgan fingerprint density at radius 2 is 2.08 bits per heavy atom. The lowest BCUT2D eigenvalue weighted by Crippen LogP contribution is -2.38. The van der Waals surface area contributed by atoms with Crippen LogP contribution in [0.15, 0.2) is 0 Å². The monoisotopic (exact) mass is 170 g/mol. The van der Waals surface area contributed by atoms with Gasteiger partial charge in [-0.1, -0.05) is 0 Å². The summed E-state index contributed by atoms with van der Waals surface area (Å²) in [5.74, 6) is -0.409.